The van der Waals surface area contributed by atoms with Crippen molar-refractivity contribution in [3.8, 4) is 0 Å². The highest BCUT2D eigenvalue weighted by Gasteiger charge is 2.36. The van der Waals surface area contributed by atoms with Crippen molar-refractivity contribution in [1.29, 1.82) is 0 Å². The van der Waals surface area contributed by atoms with Gasteiger partial charge in [-0.05, 0) is 12.8 Å². The first-order valence-corrected chi connectivity index (χ1v) is 7.00. The normalized spacial score (nSPS) is 18.6. The van der Waals surface area contributed by atoms with Gasteiger partial charge in [0.15, 0.2) is 0 Å². The summed E-state index contributed by atoms with van der Waals surface area (Å²) in [6, 6.07) is 0. The zero-order valence-corrected chi connectivity index (χ0v) is 11.1. The van der Waals surface area contributed by atoms with Crippen LogP contribution >= 0.6 is 23.6 Å². The number of aromatic nitrogens is 1. The van der Waals surface area contributed by atoms with E-state index in [9.17, 15) is 4.79 Å². The predicted molar refractivity (Wildman–Crippen MR) is 72.2 cm³/mol. The lowest BCUT2D eigenvalue weighted by molar-refractivity contribution is 0.0904. The Labute approximate surface area is 110 Å². The molecule has 1 fully saturated rings. The van der Waals surface area contributed by atoms with E-state index in [0.717, 1.165) is 25.7 Å². The number of thiazole rings is 1. The third-order valence-electron chi connectivity index (χ3n) is 3.20. The molecule has 0 bridgehead atoms. The molecule has 0 radical (unpaired) electrons. The Morgan fingerprint density at radius 1 is 1.47 bits per heavy atom. The van der Waals surface area contributed by atoms with Gasteiger partial charge < -0.3 is 11.1 Å². The molecule has 0 atom stereocenters. The second-order valence-corrected chi connectivity index (χ2v) is 5.49. The van der Waals surface area contributed by atoms with E-state index < -0.39 is 5.54 Å². The number of thiocarbonyl (C=S) groups is 1. The number of nitrogens with two attached hydrogens (primary N) is 1. The number of rotatable bonds is 3. The molecule has 6 heteroatoms. The molecule has 0 aliphatic heterocycles. The topological polar surface area (TPSA) is 68.0 Å². The number of amides is 1. The molecule has 1 aliphatic rings. The maximum atomic E-state index is 12.0. The number of nitrogens with zero attached hydrogens (tertiary/aromatic N) is 1. The van der Waals surface area contributed by atoms with Crippen molar-refractivity contribution >= 4 is 34.5 Å². The molecule has 0 aromatic carbocycles. The Morgan fingerprint density at radius 2 is 2.18 bits per heavy atom. The van der Waals surface area contributed by atoms with E-state index in [1.807, 2.05) is 0 Å². The molecule has 1 saturated carbocycles. The first kappa shape index (κ1) is 12.4. The van der Waals surface area contributed by atoms with Gasteiger partial charge in [0.2, 0.25) is 0 Å². The summed E-state index contributed by atoms with van der Waals surface area (Å²) >= 11 is 6.52. The average Bonchev–Trinajstić information content (AvgIpc) is 2.83. The van der Waals surface area contributed by atoms with E-state index in [-0.39, 0.29) is 5.91 Å². The van der Waals surface area contributed by atoms with Crippen LogP contribution in [0.3, 0.4) is 0 Å². The minimum absolute atomic E-state index is 0.180. The number of hydrogen-bond acceptors (Lipinski definition) is 4. The Kier molecular flexibility index (Phi) is 3.73. The van der Waals surface area contributed by atoms with Crippen molar-refractivity contribution in [3.05, 3.63) is 16.6 Å². The molecule has 17 heavy (non-hydrogen) atoms. The highest BCUT2D eigenvalue weighted by molar-refractivity contribution is 7.80. The molecule has 4 nitrogen and oxygen atoms in total. The van der Waals surface area contributed by atoms with Gasteiger partial charge in [-0.3, -0.25) is 4.79 Å². The number of carbonyl (C=O) groups is 1. The molecule has 1 aromatic rings. The number of nitrogens with one attached hydrogen (secondary N) is 1. The van der Waals surface area contributed by atoms with Crippen LogP contribution in [0.4, 0.5) is 0 Å². The largest absolute Gasteiger partial charge is 0.391 e. The van der Waals surface area contributed by atoms with Crippen LogP contribution in [0.1, 0.15) is 42.6 Å². The Morgan fingerprint density at radius 3 is 2.71 bits per heavy atom. The van der Waals surface area contributed by atoms with E-state index in [0.29, 0.717) is 10.7 Å². The highest BCUT2D eigenvalue weighted by atomic mass is 32.1. The van der Waals surface area contributed by atoms with Crippen LogP contribution in [0.25, 0.3) is 0 Å². The van der Waals surface area contributed by atoms with Crippen LogP contribution in [0.15, 0.2) is 10.9 Å². The summed E-state index contributed by atoms with van der Waals surface area (Å²) in [4.78, 5) is 16.4. The Bertz CT molecular complexity index is 410. The summed E-state index contributed by atoms with van der Waals surface area (Å²) in [5.41, 5.74) is 7.38. The van der Waals surface area contributed by atoms with Gasteiger partial charge >= 0.3 is 0 Å². The molecule has 3 N–H and O–H groups in total. The fraction of sp³-hybridized carbons (Fsp3) is 0.545. The summed E-state index contributed by atoms with van der Waals surface area (Å²) in [6.45, 7) is 0. The molecule has 0 saturated heterocycles. The van der Waals surface area contributed by atoms with Gasteiger partial charge in [-0.1, -0.05) is 31.5 Å². The van der Waals surface area contributed by atoms with Gasteiger partial charge in [0.05, 0.1) is 16.0 Å². The smallest absolute Gasteiger partial charge is 0.271 e. The average molecular weight is 269 g/mol. The van der Waals surface area contributed by atoms with Gasteiger partial charge in [0.1, 0.15) is 5.69 Å². The number of hydrogen-bond donors (Lipinski definition) is 2. The fourth-order valence-corrected chi connectivity index (χ4v) is 2.98. The van der Waals surface area contributed by atoms with E-state index in [2.05, 4.69) is 10.3 Å². The summed E-state index contributed by atoms with van der Waals surface area (Å²) in [5, 5.41) is 4.70. The van der Waals surface area contributed by atoms with Crippen molar-refractivity contribution in [2.45, 2.75) is 37.6 Å². The van der Waals surface area contributed by atoms with Crippen molar-refractivity contribution in [2.24, 2.45) is 5.73 Å². The lowest BCUT2D eigenvalue weighted by Crippen LogP contribution is -2.57. The summed E-state index contributed by atoms with van der Waals surface area (Å²) in [5.74, 6) is -0.180. The molecule has 0 unspecified atom stereocenters. The van der Waals surface area contributed by atoms with Crippen LogP contribution in [0.5, 0.6) is 0 Å². The van der Waals surface area contributed by atoms with Gasteiger partial charge in [-0.2, -0.15) is 0 Å². The maximum Gasteiger partial charge on any atom is 0.271 e. The van der Waals surface area contributed by atoms with Gasteiger partial charge in [-0.25, -0.2) is 4.98 Å². The minimum Gasteiger partial charge on any atom is -0.391 e. The van der Waals surface area contributed by atoms with Crippen LogP contribution in [0, 0.1) is 0 Å². The third-order valence-corrected chi connectivity index (χ3v) is 4.17. The predicted octanol–water partition coefficient (Wildman–Crippen LogP) is 1.86. The van der Waals surface area contributed by atoms with Crippen molar-refractivity contribution in [3.63, 3.8) is 0 Å². The summed E-state index contributed by atoms with van der Waals surface area (Å²) in [7, 11) is 0. The van der Waals surface area contributed by atoms with Crippen molar-refractivity contribution in [1.82, 2.24) is 10.3 Å². The molecule has 2 rings (SSSR count). The zero-order chi connectivity index (χ0) is 12.3. The van der Waals surface area contributed by atoms with Crippen molar-refractivity contribution in [2.75, 3.05) is 0 Å². The molecular formula is C11H15N3OS2. The molecule has 1 heterocycles. The maximum absolute atomic E-state index is 12.0. The first-order chi connectivity index (χ1) is 8.14. The van der Waals surface area contributed by atoms with Gasteiger partial charge in [0.25, 0.3) is 5.91 Å². The Hall–Kier alpha value is -1.01. The quantitative estimate of drug-likeness (QED) is 0.822. The minimum atomic E-state index is -0.506. The lowest BCUT2D eigenvalue weighted by Gasteiger charge is -2.36. The van der Waals surface area contributed by atoms with Crippen LogP contribution in [0.2, 0.25) is 0 Å². The molecule has 1 aromatic heterocycles. The number of carbonyl (C=O) groups excluding carboxylic acids is 1. The Balaban J connectivity index is 2.13. The molecule has 1 aliphatic carbocycles. The first-order valence-electron chi connectivity index (χ1n) is 5.65. The van der Waals surface area contributed by atoms with Gasteiger partial charge in [-0.15, -0.1) is 11.3 Å². The molecule has 92 valence electrons. The SMILES string of the molecule is NC(=S)C1(NC(=O)c2cscn2)CCCCC1. The van der Waals surface area contributed by atoms with Crippen LogP contribution in [-0.2, 0) is 0 Å². The summed E-state index contributed by atoms with van der Waals surface area (Å²) in [6.07, 6.45) is 4.94. The van der Waals surface area contributed by atoms with E-state index >= 15 is 0 Å². The third kappa shape index (κ3) is 2.63. The van der Waals surface area contributed by atoms with E-state index in [1.54, 1.807) is 10.9 Å². The standard InChI is InChI=1S/C11H15N3OS2/c12-10(16)11(4-2-1-3-5-11)14-9(15)8-6-17-7-13-8/h6-7H,1-5H2,(H2,12,16)(H,14,15). The molecular weight excluding hydrogens is 254 g/mol. The van der Waals surface area contributed by atoms with E-state index in [1.165, 1.54) is 17.8 Å². The zero-order valence-electron chi connectivity index (χ0n) is 9.44. The van der Waals surface area contributed by atoms with Crippen LogP contribution < -0.4 is 11.1 Å². The second kappa shape index (κ2) is 5.10. The summed E-state index contributed by atoms with van der Waals surface area (Å²) < 4.78 is 0. The fourth-order valence-electron chi connectivity index (χ4n) is 2.19. The van der Waals surface area contributed by atoms with E-state index in [4.69, 9.17) is 18.0 Å². The molecule has 0 spiro atoms. The highest BCUT2D eigenvalue weighted by Crippen LogP contribution is 2.28. The van der Waals surface area contributed by atoms with Gasteiger partial charge in [0, 0.05) is 5.38 Å². The monoisotopic (exact) mass is 269 g/mol. The lowest BCUT2D eigenvalue weighted by atomic mass is 9.81. The molecule has 1 amide bonds. The van der Waals surface area contributed by atoms with Crippen LogP contribution in [-0.4, -0.2) is 21.4 Å². The van der Waals surface area contributed by atoms with Crippen molar-refractivity contribution < 1.29 is 4.79 Å². The second-order valence-electron chi connectivity index (χ2n) is 4.33.